The van der Waals surface area contributed by atoms with E-state index in [1.807, 2.05) is 6.92 Å². The van der Waals surface area contributed by atoms with Crippen LogP contribution in [0.25, 0.3) is 10.2 Å². The molecule has 1 heterocycles. The van der Waals surface area contributed by atoms with Crippen LogP contribution < -0.4 is 0 Å². The zero-order valence-corrected chi connectivity index (χ0v) is 10.1. The van der Waals surface area contributed by atoms with Crippen LogP contribution in [0.4, 0.5) is 5.69 Å². The molecule has 0 saturated carbocycles. The Morgan fingerprint density at radius 2 is 2.38 bits per heavy atom. The SMILES string of the molecule is CC(=S)Cc1nc2ccc([N+](=O)[O-])cc2s1. The minimum absolute atomic E-state index is 0.0989. The van der Waals surface area contributed by atoms with E-state index in [0.717, 1.165) is 20.1 Å². The van der Waals surface area contributed by atoms with E-state index in [4.69, 9.17) is 12.2 Å². The molecule has 0 bridgehead atoms. The molecule has 0 spiro atoms. The standard InChI is InChI=1S/C10H8N2O2S2/c1-6(15)4-10-11-8-3-2-7(12(13)14)5-9(8)16-10/h2-3,5H,4H2,1H3. The number of rotatable bonds is 3. The normalized spacial score (nSPS) is 10.6. The van der Waals surface area contributed by atoms with Crippen molar-refractivity contribution in [1.29, 1.82) is 0 Å². The van der Waals surface area contributed by atoms with Crippen molar-refractivity contribution >= 4 is 44.3 Å². The second-order valence-corrected chi connectivity index (χ2v) is 5.21. The zero-order valence-electron chi connectivity index (χ0n) is 8.47. The molecule has 16 heavy (non-hydrogen) atoms. The monoisotopic (exact) mass is 252 g/mol. The van der Waals surface area contributed by atoms with Crippen molar-refractivity contribution in [3.8, 4) is 0 Å². The lowest BCUT2D eigenvalue weighted by Crippen LogP contribution is -1.91. The van der Waals surface area contributed by atoms with Crippen LogP contribution in [-0.4, -0.2) is 14.8 Å². The maximum atomic E-state index is 10.6. The number of nitro benzene ring substituents is 1. The molecule has 4 nitrogen and oxygen atoms in total. The van der Waals surface area contributed by atoms with Crippen molar-refractivity contribution in [2.45, 2.75) is 13.3 Å². The summed E-state index contributed by atoms with van der Waals surface area (Å²) in [7, 11) is 0. The van der Waals surface area contributed by atoms with Crippen LogP contribution in [-0.2, 0) is 6.42 Å². The van der Waals surface area contributed by atoms with Gasteiger partial charge in [0.15, 0.2) is 0 Å². The topological polar surface area (TPSA) is 56.0 Å². The quantitative estimate of drug-likeness (QED) is 0.478. The average molecular weight is 252 g/mol. The molecule has 0 amide bonds. The molecule has 6 heteroatoms. The molecule has 1 aromatic heterocycles. The van der Waals surface area contributed by atoms with Crippen molar-refractivity contribution in [3.05, 3.63) is 33.3 Å². The van der Waals surface area contributed by atoms with Crippen LogP contribution in [0.1, 0.15) is 11.9 Å². The molecule has 0 aliphatic rings. The van der Waals surface area contributed by atoms with Gasteiger partial charge < -0.3 is 0 Å². The van der Waals surface area contributed by atoms with Gasteiger partial charge in [-0.05, 0) is 17.9 Å². The van der Waals surface area contributed by atoms with Crippen LogP contribution in [0.2, 0.25) is 0 Å². The minimum atomic E-state index is -0.400. The summed E-state index contributed by atoms with van der Waals surface area (Å²) in [5, 5.41) is 11.5. The van der Waals surface area contributed by atoms with Crippen molar-refractivity contribution in [1.82, 2.24) is 4.98 Å². The van der Waals surface area contributed by atoms with Gasteiger partial charge >= 0.3 is 0 Å². The molecule has 0 saturated heterocycles. The molecule has 1 aromatic carbocycles. The third-order valence-electron chi connectivity index (χ3n) is 2.03. The summed E-state index contributed by atoms with van der Waals surface area (Å²) in [6.07, 6.45) is 0.655. The molecule has 0 aliphatic heterocycles. The Labute approximate surface area is 101 Å². The van der Waals surface area contributed by atoms with Gasteiger partial charge in [-0.2, -0.15) is 0 Å². The van der Waals surface area contributed by atoms with E-state index in [1.54, 1.807) is 12.1 Å². The molecule has 0 atom stereocenters. The summed E-state index contributed by atoms with van der Waals surface area (Å²) in [6.45, 7) is 1.86. The van der Waals surface area contributed by atoms with Crippen LogP contribution in [0.3, 0.4) is 0 Å². The molecule has 0 N–H and O–H groups in total. The van der Waals surface area contributed by atoms with Gasteiger partial charge in [0, 0.05) is 18.6 Å². The molecule has 2 aromatic rings. The van der Waals surface area contributed by atoms with E-state index in [-0.39, 0.29) is 5.69 Å². The molecule has 0 radical (unpaired) electrons. The summed E-state index contributed by atoms with van der Waals surface area (Å²) in [4.78, 5) is 15.4. The van der Waals surface area contributed by atoms with Crippen molar-refractivity contribution in [3.63, 3.8) is 0 Å². The maximum absolute atomic E-state index is 10.6. The van der Waals surface area contributed by atoms with Gasteiger partial charge in [0.1, 0.15) is 0 Å². The van der Waals surface area contributed by atoms with E-state index in [1.165, 1.54) is 17.4 Å². The minimum Gasteiger partial charge on any atom is -0.258 e. The Hall–Kier alpha value is -1.40. The number of non-ortho nitro benzene ring substituents is 1. The molecule has 2 rings (SSSR count). The van der Waals surface area contributed by atoms with Gasteiger partial charge in [0.2, 0.25) is 0 Å². The summed E-state index contributed by atoms with van der Waals surface area (Å²) < 4.78 is 0.834. The largest absolute Gasteiger partial charge is 0.270 e. The highest BCUT2D eigenvalue weighted by Gasteiger charge is 2.10. The van der Waals surface area contributed by atoms with E-state index < -0.39 is 4.92 Å². The Balaban J connectivity index is 2.45. The van der Waals surface area contributed by atoms with Gasteiger partial charge in [0.25, 0.3) is 5.69 Å². The van der Waals surface area contributed by atoms with Gasteiger partial charge in [-0.15, -0.1) is 11.3 Å². The summed E-state index contributed by atoms with van der Waals surface area (Å²) in [6, 6.07) is 4.69. The van der Waals surface area contributed by atoms with E-state index in [9.17, 15) is 10.1 Å². The number of nitro groups is 1. The summed E-state index contributed by atoms with van der Waals surface area (Å²) >= 11 is 6.46. The first kappa shape index (κ1) is 11.1. The van der Waals surface area contributed by atoms with Crippen LogP contribution >= 0.6 is 23.6 Å². The predicted molar refractivity (Wildman–Crippen MR) is 68.3 cm³/mol. The lowest BCUT2D eigenvalue weighted by molar-refractivity contribution is -0.384. The molecule has 0 unspecified atom stereocenters. The Morgan fingerprint density at radius 1 is 1.62 bits per heavy atom. The Bertz CT molecular complexity index is 577. The lowest BCUT2D eigenvalue weighted by atomic mass is 10.3. The fraction of sp³-hybridized carbons (Fsp3) is 0.200. The first-order valence-corrected chi connectivity index (χ1v) is 5.82. The van der Waals surface area contributed by atoms with Gasteiger partial charge in [-0.1, -0.05) is 12.2 Å². The molecule has 82 valence electrons. The summed E-state index contributed by atoms with van der Waals surface area (Å²) in [5.74, 6) is 0. The van der Waals surface area contributed by atoms with E-state index in [0.29, 0.717) is 6.42 Å². The van der Waals surface area contributed by atoms with E-state index >= 15 is 0 Å². The van der Waals surface area contributed by atoms with Gasteiger partial charge in [-0.25, -0.2) is 4.98 Å². The fourth-order valence-electron chi connectivity index (χ4n) is 1.36. The van der Waals surface area contributed by atoms with Crippen molar-refractivity contribution < 1.29 is 4.92 Å². The fourth-order valence-corrected chi connectivity index (χ4v) is 2.68. The second kappa shape index (κ2) is 4.23. The number of hydrogen-bond acceptors (Lipinski definition) is 5. The Kier molecular flexibility index (Phi) is 2.93. The number of fused-ring (bicyclic) bond motifs is 1. The Morgan fingerprint density at radius 3 is 3.00 bits per heavy atom. The maximum Gasteiger partial charge on any atom is 0.270 e. The third-order valence-corrected chi connectivity index (χ3v) is 3.19. The second-order valence-electron chi connectivity index (χ2n) is 3.40. The van der Waals surface area contributed by atoms with Gasteiger partial charge in [-0.3, -0.25) is 10.1 Å². The van der Waals surface area contributed by atoms with Crippen molar-refractivity contribution in [2.75, 3.05) is 0 Å². The number of thiazole rings is 1. The van der Waals surface area contributed by atoms with Crippen LogP contribution in [0, 0.1) is 10.1 Å². The molecular formula is C10H8N2O2S2. The van der Waals surface area contributed by atoms with Crippen molar-refractivity contribution in [2.24, 2.45) is 0 Å². The number of nitrogens with zero attached hydrogens (tertiary/aromatic N) is 2. The lowest BCUT2D eigenvalue weighted by Gasteiger charge is -1.89. The number of aromatic nitrogens is 1. The molecule has 0 aliphatic carbocycles. The molecular weight excluding hydrogens is 244 g/mol. The highest BCUT2D eigenvalue weighted by molar-refractivity contribution is 7.80. The van der Waals surface area contributed by atoms with Crippen LogP contribution in [0.15, 0.2) is 18.2 Å². The zero-order chi connectivity index (χ0) is 11.7. The summed E-state index contributed by atoms with van der Waals surface area (Å²) in [5.41, 5.74) is 0.892. The molecule has 0 fully saturated rings. The first-order valence-electron chi connectivity index (χ1n) is 4.59. The van der Waals surface area contributed by atoms with Crippen LogP contribution in [0.5, 0.6) is 0 Å². The number of benzene rings is 1. The highest BCUT2D eigenvalue weighted by Crippen LogP contribution is 2.26. The number of hydrogen-bond donors (Lipinski definition) is 0. The van der Waals surface area contributed by atoms with E-state index in [2.05, 4.69) is 4.98 Å². The number of thiocarbonyl (C=S) groups is 1. The van der Waals surface area contributed by atoms with Gasteiger partial charge in [0.05, 0.1) is 20.1 Å². The first-order chi connectivity index (χ1) is 7.56. The average Bonchev–Trinajstić information content (AvgIpc) is 2.56. The predicted octanol–water partition coefficient (Wildman–Crippen LogP) is 3.14. The highest BCUT2D eigenvalue weighted by atomic mass is 32.1. The third kappa shape index (κ3) is 2.23. The smallest absolute Gasteiger partial charge is 0.258 e.